The molecule has 8 heteroatoms. The van der Waals surface area contributed by atoms with Crippen molar-refractivity contribution in [2.45, 2.75) is 13.1 Å². The first-order valence-corrected chi connectivity index (χ1v) is 7.94. The van der Waals surface area contributed by atoms with Gasteiger partial charge >= 0.3 is 6.18 Å². The molecule has 0 unspecified atom stereocenters. The molecule has 2 aromatic carbocycles. The number of aromatic nitrogens is 2. The highest BCUT2D eigenvalue weighted by Gasteiger charge is 2.39. The molecule has 0 saturated heterocycles. The van der Waals surface area contributed by atoms with Gasteiger partial charge in [0.15, 0.2) is 5.69 Å². The minimum absolute atomic E-state index is 0.210. The van der Waals surface area contributed by atoms with Gasteiger partial charge in [-0.25, -0.2) is 4.39 Å². The second-order valence-electron chi connectivity index (χ2n) is 6.03. The van der Waals surface area contributed by atoms with E-state index in [4.69, 9.17) is 0 Å². The Morgan fingerprint density at radius 1 is 1.15 bits per heavy atom. The Morgan fingerprint density at radius 3 is 2.44 bits per heavy atom. The summed E-state index contributed by atoms with van der Waals surface area (Å²) >= 11 is 0. The second kappa shape index (κ2) is 6.86. The monoisotopic (exact) mass is 377 g/mol. The lowest BCUT2D eigenvalue weighted by Gasteiger charge is -2.14. The van der Waals surface area contributed by atoms with Crippen LogP contribution in [0.2, 0.25) is 0 Å². The van der Waals surface area contributed by atoms with E-state index in [9.17, 15) is 22.4 Å². The summed E-state index contributed by atoms with van der Waals surface area (Å²) in [7, 11) is 1.30. The minimum Gasteiger partial charge on any atom is -0.321 e. The van der Waals surface area contributed by atoms with E-state index in [2.05, 4.69) is 10.4 Å². The maximum atomic E-state index is 14.1. The van der Waals surface area contributed by atoms with Crippen molar-refractivity contribution in [2.24, 2.45) is 7.05 Å². The molecule has 3 rings (SSSR count). The molecule has 0 fully saturated rings. The number of nitrogens with zero attached hydrogens (tertiary/aromatic N) is 2. The third-order valence-electron chi connectivity index (χ3n) is 3.97. The van der Waals surface area contributed by atoms with Crippen LogP contribution < -0.4 is 5.32 Å². The molecule has 0 saturated carbocycles. The maximum Gasteiger partial charge on any atom is 0.435 e. The molecule has 0 radical (unpaired) electrons. The quantitative estimate of drug-likeness (QED) is 0.666. The Hall–Kier alpha value is -3.16. The van der Waals surface area contributed by atoms with Crippen molar-refractivity contribution in [2.75, 3.05) is 5.32 Å². The van der Waals surface area contributed by atoms with Crippen LogP contribution in [-0.2, 0) is 13.2 Å². The average Bonchev–Trinajstić information content (AvgIpc) is 3.01. The second-order valence-corrected chi connectivity index (χ2v) is 6.03. The molecular weight excluding hydrogens is 362 g/mol. The Bertz CT molecular complexity index is 994. The fraction of sp³-hybridized carbons (Fsp3) is 0.158. The highest BCUT2D eigenvalue weighted by Crippen LogP contribution is 2.33. The topological polar surface area (TPSA) is 46.9 Å². The van der Waals surface area contributed by atoms with Crippen LogP contribution in [0.5, 0.6) is 0 Å². The number of hydrogen-bond donors (Lipinski definition) is 1. The van der Waals surface area contributed by atoms with Crippen LogP contribution in [0, 0.1) is 12.7 Å². The van der Waals surface area contributed by atoms with Crippen LogP contribution in [0.4, 0.5) is 23.2 Å². The molecule has 0 aliphatic rings. The molecule has 1 aromatic heterocycles. The highest BCUT2D eigenvalue weighted by atomic mass is 19.4. The predicted molar refractivity (Wildman–Crippen MR) is 92.7 cm³/mol. The first kappa shape index (κ1) is 18.6. The van der Waals surface area contributed by atoms with Gasteiger partial charge in [0.1, 0.15) is 5.82 Å². The third kappa shape index (κ3) is 3.84. The van der Waals surface area contributed by atoms with Crippen LogP contribution >= 0.6 is 0 Å². The fourth-order valence-electron chi connectivity index (χ4n) is 2.70. The van der Waals surface area contributed by atoms with E-state index in [0.717, 1.165) is 10.9 Å². The van der Waals surface area contributed by atoms with Gasteiger partial charge in [0.2, 0.25) is 0 Å². The van der Waals surface area contributed by atoms with E-state index >= 15 is 0 Å². The van der Waals surface area contributed by atoms with Crippen LogP contribution in [-0.4, -0.2) is 15.7 Å². The first-order chi connectivity index (χ1) is 12.7. The van der Waals surface area contributed by atoms with Gasteiger partial charge in [0.05, 0.1) is 5.56 Å². The van der Waals surface area contributed by atoms with Gasteiger partial charge in [-0.1, -0.05) is 30.3 Å². The number of anilines is 1. The number of nitrogens with one attached hydrogen (secondary N) is 1. The molecule has 1 N–H and O–H groups in total. The number of carbonyl (C=O) groups excluding carboxylic acids is 1. The molecule has 0 aliphatic carbocycles. The van der Waals surface area contributed by atoms with Gasteiger partial charge in [-0.3, -0.25) is 9.48 Å². The van der Waals surface area contributed by atoms with Crippen molar-refractivity contribution in [3.8, 4) is 11.1 Å². The zero-order valence-corrected chi connectivity index (χ0v) is 14.4. The van der Waals surface area contributed by atoms with Crippen molar-refractivity contribution in [1.29, 1.82) is 0 Å². The van der Waals surface area contributed by atoms with E-state index < -0.39 is 29.2 Å². The number of hydrogen-bond acceptors (Lipinski definition) is 2. The maximum absolute atomic E-state index is 14.1. The summed E-state index contributed by atoms with van der Waals surface area (Å²) in [6, 6.07) is 11.3. The SMILES string of the molecule is Cc1cc(NC(=O)c2cn(C)nc2C(F)(F)F)c(-c2ccccc2)cc1F. The summed E-state index contributed by atoms with van der Waals surface area (Å²) in [6.07, 6.45) is -3.77. The molecule has 0 bridgehead atoms. The van der Waals surface area contributed by atoms with Gasteiger partial charge in [-0.05, 0) is 30.2 Å². The van der Waals surface area contributed by atoms with Crippen molar-refractivity contribution < 1.29 is 22.4 Å². The largest absolute Gasteiger partial charge is 0.435 e. The number of aryl methyl sites for hydroxylation is 2. The lowest BCUT2D eigenvalue weighted by molar-refractivity contribution is -0.141. The molecular formula is C19H15F4N3O. The number of rotatable bonds is 3. The normalized spacial score (nSPS) is 11.5. The summed E-state index contributed by atoms with van der Waals surface area (Å²) in [4.78, 5) is 12.5. The fourth-order valence-corrected chi connectivity index (χ4v) is 2.70. The van der Waals surface area contributed by atoms with Gasteiger partial charge in [-0.2, -0.15) is 18.3 Å². The first-order valence-electron chi connectivity index (χ1n) is 7.94. The average molecular weight is 377 g/mol. The molecule has 0 atom stereocenters. The Balaban J connectivity index is 2.04. The van der Waals surface area contributed by atoms with Gasteiger partial charge in [0, 0.05) is 24.5 Å². The van der Waals surface area contributed by atoms with E-state index in [-0.39, 0.29) is 11.3 Å². The molecule has 1 heterocycles. The predicted octanol–water partition coefficient (Wildman–Crippen LogP) is 4.81. The van der Waals surface area contributed by atoms with Crippen LogP contribution in [0.3, 0.4) is 0 Å². The lowest BCUT2D eigenvalue weighted by Crippen LogP contribution is -2.18. The van der Waals surface area contributed by atoms with E-state index in [1.54, 1.807) is 30.3 Å². The van der Waals surface area contributed by atoms with Crippen molar-refractivity contribution in [1.82, 2.24) is 9.78 Å². The standard InChI is InChI=1S/C19H15F4N3O/c1-11-8-16(13(9-15(11)20)12-6-4-3-5-7-12)24-18(27)14-10-26(2)25-17(14)19(21,22)23/h3-10H,1-2H3,(H,24,27). The van der Waals surface area contributed by atoms with Gasteiger partial charge in [0.25, 0.3) is 5.91 Å². The molecule has 4 nitrogen and oxygen atoms in total. The smallest absolute Gasteiger partial charge is 0.321 e. The van der Waals surface area contributed by atoms with Gasteiger partial charge in [-0.15, -0.1) is 0 Å². The van der Waals surface area contributed by atoms with Crippen LogP contribution in [0.15, 0.2) is 48.7 Å². The summed E-state index contributed by atoms with van der Waals surface area (Å²) < 4.78 is 54.3. The summed E-state index contributed by atoms with van der Waals surface area (Å²) in [6.45, 7) is 1.50. The number of carbonyl (C=O) groups is 1. The zero-order chi connectivity index (χ0) is 19.8. The molecule has 1 amide bonds. The van der Waals surface area contributed by atoms with Crippen molar-refractivity contribution >= 4 is 11.6 Å². The van der Waals surface area contributed by atoms with E-state index in [1.807, 2.05) is 0 Å². The van der Waals surface area contributed by atoms with Crippen molar-refractivity contribution in [3.63, 3.8) is 0 Å². The summed E-state index contributed by atoms with van der Waals surface area (Å²) in [5.41, 5.74) is -0.429. The molecule has 0 aliphatic heterocycles. The highest BCUT2D eigenvalue weighted by molar-refractivity contribution is 6.07. The molecule has 140 valence electrons. The number of benzene rings is 2. The lowest BCUT2D eigenvalue weighted by atomic mass is 10.0. The zero-order valence-electron chi connectivity index (χ0n) is 14.4. The Morgan fingerprint density at radius 2 is 1.81 bits per heavy atom. The minimum atomic E-state index is -4.77. The van der Waals surface area contributed by atoms with Crippen molar-refractivity contribution in [3.05, 3.63) is 71.3 Å². The van der Waals surface area contributed by atoms with E-state index in [0.29, 0.717) is 11.1 Å². The van der Waals surface area contributed by atoms with E-state index in [1.165, 1.54) is 26.1 Å². The molecule has 3 aromatic rings. The Kier molecular flexibility index (Phi) is 4.73. The summed E-state index contributed by atoms with van der Waals surface area (Å²) in [5.74, 6) is -1.46. The number of halogens is 4. The van der Waals surface area contributed by atoms with Crippen LogP contribution in [0.1, 0.15) is 21.6 Å². The molecule has 0 spiro atoms. The molecule has 27 heavy (non-hydrogen) atoms. The third-order valence-corrected chi connectivity index (χ3v) is 3.97. The van der Waals surface area contributed by atoms with Crippen LogP contribution in [0.25, 0.3) is 11.1 Å². The van der Waals surface area contributed by atoms with Gasteiger partial charge < -0.3 is 5.32 Å². The number of amides is 1. The summed E-state index contributed by atoms with van der Waals surface area (Å²) in [5, 5.41) is 5.79. The Labute approximate surface area is 152 Å². The number of alkyl halides is 3.